The molecule has 3 rings (SSSR count). The van der Waals surface area contributed by atoms with Crippen LogP contribution in [0.2, 0.25) is 10.0 Å². The predicted octanol–water partition coefficient (Wildman–Crippen LogP) is 5.05. The van der Waals surface area contributed by atoms with Gasteiger partial charge in [0.1, 0.15) is 12.4 Å². The van der Waals surface area contributed by atoms with Gasteiger partial charge in [-0.25, -0.2) is 0 Å². The minimum absolute atomic E-state index is 0.398. The number of hydrogen-bond donors (Lipinski definition) is 1. The first-order chi connectivity index (χ1) is 9.22. The zero-order chi connectivity index (χ0) is 13.2. The number of aromatic nitrogens is 1. The summed E-state index contributed by atoms with van der Waals surface area (Å²) in [5, 5.41) is 2.44. The number of nitrogens with one attached hydrogen (secondary N) is 1. The van der Waals surface area contributed by atoms with Crippen LogP contribution in [-0.2, 0) is 6.61 Å². The third-order valence-corrected chi connectivity index (χ3v) is 3.53. The van der Waals surface area contributed by atoms with E-state index in [0.29, 0.717) is 16.7 Å². The van der Waals surface area contributed by atoms with E-state index in [9.17, 15) is 0 Å². The molecule has 0 aliphatic heterocycles. The Morgan fingerprint density at radius 1 is 1.00 bits per heavy atom. The molecule has 3 aromatic rings. The summed E-state index contributed by atoms with van der Waals surface area (Å²) in [7, 11) is 0. The maximum absolute atomic E-state index is 6.10. The molecular formula is C15H11Cl2NO. The van der Waals surface area contributed by atoms with Gasteiger partial charge in [0.25, 0.3) is 0 Å². The third-order valence-electron chi connectivity index (χ3n) is 2.93. The highest BCUT2D eigenvalue weighted by Gasteiger charge is 2.03. The Morgan fingerprint density at radius 2 is 1.89 bits per heavy atom. The number of H-pyrrole nitrogens is 1. The zero-order valence-corrected chi connectivity index (χ0v) is 11.5. The zero-order valence-electron chi connectivity index (χ0n) is 9.99. The molecular weight excluding hydrogens is 281 g/mol. The summed E-state index contributed by atoms with van der Waals surface area (Å²) in [6.45, 7) is 0.398. The van der Waals surface area contributed by atoms with Crippen molar-refractivity contribution in [2.45, 2.75) is 6.61 Å². The quantitative estimate of drug-likeness (QED) is 0.717. The smallest absolute Gasteiger partial charge is 0.120 e. The number of hydrogen-bond acceptors (Lipinski definition) is 1. The molecule has 0 radical (unpaired) electrons. The summed E-state index contributed by atoms with van der Waals surface area (Å²) in [6, 6.07) is 13.3. The van der Waals surface area contributed by atoms with Crippen LogP contribution in [0.5, 0.6) is 5.75 Å². The van der Waals surface area contributed by atoms with Crippen LogP contribution in [0.25, 0.3) is 10.9 Å². The van der Waals surface area contributed by atoms with Crippen molar-refractivity contribution in [1.29, 1.82) is 0 Å². The van der Waals surface area contributed by atoms with Crippen molar-refractivity contribution < 1.29 is 4.74 Å². The van der Waals surface area contributed by atoms with Crippen molar-refractivity contribution in [2.24, 2.45) is 0 Å². The topological polar surface area (TPSA) is 25.0 Å². The number of aromatic amines is 1. The van der Waals surface area contributed by atoms with E-state index in [0.717, 1.165) is 22.2 Å². The highest BCUT2D eigenvalue weighted by Crippen LogP contribution is 2.24. The highest BCUT2D eigenvalue weighted by atomic mass is 35.5. The lowest BCUT2D eigenvalue weighted by molar-refractivity contribution is 0.307. The normalized spacial score (nSPS) is 10.8. The second-order valence-corrected chi connectivity index (χ2v) is 5.09. The number of rotatable bonds is 3. The minimum atomic E-state index is 0.398. The number of benzene rings is 2. The first kappa shape index (κ1) is 12.4. The molecule has 0 saturated heterocycles. The van der Waals surface area contributed by atoms with E-state index in [-0.39, 0.29) is 0 Å². The Morgan fingerprint density at radius 3 is 2.79 bits per heavy atom. The standard InChI is InChI=1S/C15H11Cl2NO/c16-12-1-3-14(17)11(7-12)9-19-13-2-4-15-10(8-13)5-6-18-15/h1-8,18H,9H2. The number of ether oxygens (including phenoxy) is 1. The van der Waals surface area contributed by atoms with Gasteiger partial charge in [-0.1, -0.05) is 23.2 Å². The SMILES string of the molecule is Clc1ccc(Cl)c(COc2ccc3[nH]ccc3c2)c1. The van der Waals surface area contributed by atoms with Gasteiger partial charge in [0.15, 0.2) is 0 Å². The second-order valence-electron chi connectivity index (χ2n) is 4.25. The molecule has 0 unspecified atom stereocenters. The molecule has 2 aromatic carbocycles. The van der Waals surface area contributed by atoms with Gasteiger partial charge in [-0.3, -0.25) is 0 Å². The Hall–Kier alpha value is -1.64. The summed E-state index contributed by atoms with van der Waals surface area (Å²) >= 11 is 12.0. The van der Waals surface area contributed by atoms with Crippen LogP contribution in [-0.4, -0.2) is 4.98 Å². The van der Waals surface area contributed by atoms with Crippen molar-refractivity contribution in [3.05, 3.63) is 64.3 Å². The Bertz CT molecular complexity index is 721. The Balaban J connectivity index is 1.79. The lowest BCUT2D eigenvalue weighted by atomic mass is 10.2. The fourth-order valence-corrected chi connectivity index (χ4v) is 2.30. The van der Waals surface area contributed by atoms with Gasteiger partial charge in [0.2, 0.25) is 0 Å². The summed E-state index contributed by atoms with van der Waals surface area (Å²) < 4.78 is 5.75. The highest BCUT2D eigenvalue weighted by molar-refractivity contribution is 6.33. The summed E-state index contributed by atoms with van der Waals surface area (Å²) in [5.74, 6) is 0.808. The molecule has 0 aliphatic rings. The Kier molecular flexibility index (Phi) is 3.36. The average Bonchev–Trinajstić information content (AvgIpc) is 2.87. The first-order valence-corrected chi connectivity index (χ1v) is 6.62. The van der Waals surface area contributed by atoms with Gasteiger partial charge < -0.3 is 9.72 Å². The van der Waals surface area contributed by atoms with Crippen molar-refractivity contribution in [3.63, 3.8) is 0 Å². The van der Waals surface area contributed by atoms with Crippen LogP contribution < -0.4 is 4.74 Å². The monoisotopic (exact) mass is 291 g/mol. The predicted molar refractivity (Wildman–Crippen MR) is 79.1 cm³/mol. The van der Waals surface area contributed by atoms with E-state index in [1.807, 2.05) is 36.5 Å². The van der Waals surface area contributed by atoms with Crippen molar-refractivity contribution in [1.82, 2.24) is 4.98 Å². The van der Waals surface area contributed by atoms with Gasteiger partial charge in [0, 0.05) is 32.7 Å². The van der Waals surface area contributed by atoms with E-state index in [4.69, 9.17) is 27.9 Å². The largest absolute Gasteiger partial charge is 0.489 e. The van der Waals surface area contributed by atoms with Crippen LogP contribution in [0, 0.1) is 0 Å². The summed E-state index contributed by atoms with van der Waals surface area (Å²) in [6.07, 6.45) is 1.91. The molecule has 0 spiro atoms. The lowest BCUT2D eigenvalue weighted by Crippen LogP contribution is -1.96. The van der Waals surface area contributed by atoms with E-state index in [1.165, 1.54) is 0 Å². The van der Waals surface area contributed by atoms with Crippen LogP contribution in [0.4, 0.5) is 0 Å². The molecule has 0 atom stereocenters. The molecule has 0 fully saturated rings. The molecule has 4 heteroatoms. The average molecular weight is 292 g/mol. The van der Waals surface area contributed by atoms with Crippen LogP contribution >= 0.6 is 23.2 Å². The van der Waals surface area contributed by atoms with Gasteiger partial charge >= 0.3 is 0 Å². The minimum Gasteiger partial charge on any atom is -0.489 e. The van der Waals surface area contributed by atoms with Crippen LogP contribution in [0.15, 0.2) is 48.7 Å². The van der Waals surface area contributed by atoms with E-state index in [2.05, 4.69) is 4.98 Å². The fraction of sp³-hybridized carbons (Fsp3) is 0.0667. The van der Waals surface area contributed by atoms with E-state index >= 15 is 0 Å². The number of fused-ring (bicyclic) bond motifs is 1. The van der Waals surface area contributed by atoms with Gasteiger partial charge in [-0.15, -0.1) is 0 Å². The molecule has 0 aliphatic carbocycles. The maximum Gasteiger partial charge on any atom is 0.120 e. The molecule has 1 heterocycles. The molecule has 0 amide bonds. The molecule has 1 aromatic heterocycles. The molecule has 0 bridgehead atoms. The third kappa shape index (κ3) is 2.70. The maximum atomic E-state index is 6.10. The Labute approximate surface area is 120 Å². The molecule has 2 nitrogen and oxygen atoms in total. The molecule has 0 saturated carbocycles. The fourth-order valence-electron chi connectivity index (χ4n) is 1.94. The lowest BCUT2D eigenvalue weighted by Gasteiger charge is -2.08. The number of halogens is 2. The van der Waals surface area contributed by atoms with Gasteiger partial charge in [-0.2, -0.15) is 0 Å². The van der Waals surface area contributed by atoms with Gasteiger partial charge in [0.05, 0.1) is 0 Å². The summed E-state index contributed by atoms with van der Waals surface area (Å²) in [4.78, 5) is 3.14. The molecule has 19 heavy (non-hydrogen) atoms. The van der Waals surface area contributed by atoms with Gasteiger partial charge in [-0.05, 0) is 42.5 Å². The van der Waals surface area contributed by atoms with Crippen LogP contribution in [0.1, 0.15) is 5.56 Å². The first-order valence-electron chi connectivity index (χ1n) is 5.86. The van der Waals surface area contributed by atoms with E-state index < -0.39 is 0 Å². The summed E-state index contributed by atoms with van der Waals surface area (Å²) in [5.41, 5.74) is 1.97. The van der Waals surface area contributed by atoms with Crippen LogP contribution in [0.3, 0.4) is 0 Å². The van der Waals surface area contributed by atoms with E-state index in [1.54, 1.807) is 12.1 Å². The molecule has 96 valence electrons. The molecule has 1 N–H and O–H groups in total. The van der Waals surface area contributed by atoms with Crippen molar-refractivity contribution >= 4 is 34.1 Å². The van der Waals surface area contributed by atoms with Crippen molar-refractivity contribution in [2.75, 3.05) is 0 Å². The second kappa shape index (κ2) is 5.16. The van der Waals surface area contributed by atoms with Crippen molar-refractivity contribution in [3.8, 4) is 5.75 Å².